The Morgan fingerprint density at radius 3 is 1.53 bits per heavy atom. The maximum Gasteiger partial charge on any atom is 0.323 e. The monoisotopic (exact) mass is 276 g/mol. The molecule has 0 aromatic heterocycles. The van der Waals surface area contributed by atoms with E-state index in [1.165, 1.54) is 6.92 Å². The molecule has 0 bridgehead atoms. The fraction of sp³-hybridized carbons (Fsp3) is 0.600. The van der Waals surface area contributed by atoms with E-state index in [4.69, 9.17) is 15.3 Å². The molecule has 0 spiro atoms. The van der Waals surface area contributed by atoms with E-state index in [0.29, 0.717) is 0 Å². The molecular weight excluding hydrogens is 260 g/mol. The quantitative estimate of drug-likeness (QED) is 0.457. The van der Waals surface area contributed by atoms with Gasteiger partial charge in [0.1, 0.15) is 6.54 Å². The van der Waals surface area contributed by atoms with Crippen LogP contribution in [-0.4, -0.2) is 81.7 Å². The summed E-state index contributed by atoms with van der Waals surface area (Å²) in [6, 6.07) is 0. The van der Waals surface area contributed by atoms with Gasteiger partial charge in [-0.15, -0.1) is 0 Å². The summed E-state index contributed by atoms with van der Waals surface area (Å²) in [6.07, 6.45) is 0. The Morgan fingerprint density at radius 2 is 1.21 bits per heavy atom. The van der Waals surface area contributed by atoms with Crippen LogP contribution in [0.4, 0.5) is 0 Å². The maximum absolute atomic E-state index is 11.1. The molecule has 0 aliphatic heterocycles. The number of nitrogens with zero attached hydrogens (tertiary/aromatic N) is 2. The summed E-state index contributed by atoms with van der Waals surface area (Å²) < 4.78 is 0. The number of carbonyl (C=O) groups excluding carboxylic acids is 1. The van der Waals surface area contributed by atoms with Crippen LogP contribution in [0.2, 0.25) is 0 Å². The largest absolute Gasteiger partial charge is 0.480 e. The van der Waals surface area contributed by atoms with Crippen molar-refractivity contribution in [3.05, 3.63) is 0 Å². The summed E-state index contributed by atoms with van der Waals surface area (Å²) in [5, 5.41) is 25.8. The number of rotatable bonds is 9. The van der Waals surface area contributed by atoms with Crippen molar-refractivity contribution >= 4 is 23.8 Å². The molecule has 0 aliphatic rings. The van der Waals surface area contributed by atoms with Gasteiger partial charge in [0.15, 0.2) is 0 Å². The molecule has 0 aromatic rings. The summed E-state index contributed by atoms with van der Waals surface area (Å²) in [4.78, 5) is 44.8. The van der Waals surface area contributed by atoms with Crippen LogP contribution in [0.3, 0.4) is 0 Å². The normalized spacial score (nSPS) is 10.2. The van der Waals surface area contributed by atoms with Gasteiger partial charge >= 0.3 is 17.9 Å². The standard InChI is InChI=1S/C10H16N2O7/c1-7(13)12(6-10(18)19)3-2-11(4-8(14)15)5-9(16)17/h2-6H2,1H3,(H,14,15)(H,16,17)(H,18,19). The number of carboxylic acids is 3. The van der Waals surface area contributed by atoms with Crippen LogP contribution < -0.4 is 0 Å². The Labute approximate surface area is 109 Å². The molecule has 108 valence electrons. The van der Waals surface area contributed by atoms with Gasteiger partial charge in [-0.25, -0.2) is 0 Å². The molecule has 0 atom stereocenters. The Bertz CT molecular complexity index is 353. The molecular formula is C10H16N2O7. The zero-order valence-electron chi connectivity index (χ0n) is 10.4. The average Bonchev–Trinajstić information content (AvgIpc) is 2.21. The first kappa shape index (κ1) is 16.8. The van der Waals surface area contributed by atoms with Gasteiger partial charge in [0.05, 0.1) is 13.1 Å². The first-order chi connectivity index (χ1) is 8.72. The highest BCUT2D eigenvalue weighted by Gasteiger charge is 2.17. The Balaban J connectivity index is 4.47. The van der Waals surface area contributed by atoms with Gasteiger partial charge in [0.25, 0.3) is 0 Å². The second-order valence-corrected chi connectivity index (χ2v) is 3.83. The van der Waals surface area contributed by atoms with Gasteiger partial charge in [0.2, 0.25) is 5.91 Å². The van der Waals surface area contributed by atoms with Crippen LogP contribution in [0.15, 0.2) is 0 Å². The van der Waals surface area contributed by atoms with Crippen molar-refractivity contribution in [3.63, 3.8) is 0 Å². The van der Waals surface area contributed by atoms with Gasteiger partial charge in [-0.05, 0) is 0 Å². The van der Waals surface area contributed by atoms with Crippen LogP contribution in [0.25, 0.3) is 0 Å². The minimum Gasteiger partial charge on any atom is -0.480 e. The van der Waals surface area contributed by atoms with Crippen LogP contribution in [-0.2, 0) is 19.2 Å². The van der Waals surface area contributed by atoms with Crippen LogP contribution >= 0.6 is 0 Å². The first-order valence-corrected chi connectivity index (χ1v) is 5.35. The second-order valence-electron chi connectivity index (χ2n) is 3.83. The zero-order chi connectivity index (χ0) is 15.0. The molecule has 19 heavy (non-hydrogen) atoms. The van der Waals surface area contributed by atoms with E-state index in [1.54, 1.807) is 0 Å². The number of hydrogen-bond acceptors (Lipinski definition) is 5. The Morgan fingerprint density at radius 1 is 0.789 bits per heavy atom. The van der Waals surface area contributed by atoms with E-state index in [1.807, 2.05) is 0 Å². The minimum atomic E-state index is -1.20. The molecule has 0 fully saturated rings. The van der Waals surface area contributed by atoms with E-state index in [-0.39, 0.29) is 13.1 Å². The summed E-state index contributed by atoms with van der Waals surface area (Å²) in [7, 11) is 0. The molecule has 0 saturated heterocycles. The molecule has 0 heterocycles. The van der Waals surface area contributed by atoms with E-state index < -0.39 is 43.4 Å². The molecule has 9 heteroatoms. The van der Waals surface area contributed by atoms with E-state index in [9.17, 15) is 19.2 Å². The van der Waals surface area contributed by atoms with Gasteiger partial charge in [0, 0.05) is 20.0 Å². The lowest BCUT2D eigenvalue weighted by Crippen LogP contribution is -2.43. The topological polar surface area (TPSA) is 135 Å². The number of amides is 1. The molecule has 0 aromatic carbocycles. The van der Waals surface area contributed by atoms with Crippen LogP contribution in [0, 0.1) is 0 Å². The molecule has 0 radical (unpaired) electrons. The second kappa shape index (κ2) is 8.03. The fourth-order valence-electron chi connectivity index (χ4n) is 1.37. The van der Waals surface area contributed by atoms with Crippen molar-refractivity contribution in [3.8, 4) is 0 Å². The van der Waals surface area contributed by atoms with Gasteiger partial charge in [-0.1, -0.05) is 0 Å². The Kier molecular flexibility index (Phi) is 7.12. The van der Waals surface area contributed by atoms with Gasteiger partial charge in [-0.3, -0.25) is 24.1 Å². The molecule has 9 nitrogen and oxygen atoms in total. The van der Waals surface area contributed by atoms with Crippen molar-refractivity contribution in [2.24, 2.45) is 0 Å². The highest BCUT2D eigenvalue weighted by molar-refractivity contribution is 5.79. The van der Waals surface area contributed by atoms with Crippen molar-refractivity contribution in [2.45, 2.75) is 6.92 Å². The van der Waals surface area contributed by atoms with Gasteiger partial charge < -0.3 is 20.2 Å². The molecule has 0 aliphatic carbocycles. The number of carboxylic acid groups (broad SMARTS) is 3. The smallest absolute Gasteiger partial charge is 0.323 e. The predicted molar refractivity (Wildman–Crippen MR) is 61.6 cm³/mol. The lowest BCUT2D eigenvalue weighted by atomic mass is 10.4. The fourth-order valence-corrected chi connectivity index (χ4v) is 1.37. The first-order valence-electron chi connectivity index (χ1n) is 5.35. The summed E-state index contributed by atoms with van der Waals surface area (Å²) in [5.41, 5.74) is 0. The number of hydrogen-bond donors (Lipinski definition) is 3. The van der Waals surface area contributed by atoms with Crippen molar-refractivity contribution < 1.29 is 34.5 Å². The molecule has 3 N–H and O–H groups in total. The third kappa shape index (κ3) is 8.55. The molecule has 0 saturated carbocycles. The summed E-state index contributed by atoms with van der Waals surface area (Å²) in [6.45, 7) is -0.408. The lowest BCUT2D eigenvalue weighted by Gasteiger charge is -2.23. The third-order valence-corrected chi connectivity index (χ3v) is 2.18. The van der Waals surface area contributed by atoms with Gasteiger partial charge in [-0.2, -0.15) is 0 Å². The highest BCUT2D eigenvalue weighted by Crippen LogP contribution is 1.94. The van der Waals surface area contributed by atoms with Crippen molar-refractivity contribution in [1.82, 2.24) is 9.80 Å². The molecule has 0 unspecified atom stereocenters. The van der Waals surface area contributed by atoms with Crippen LogP contribution in [0.5, 0.6) is 0 Å². The van der Waals surface area contributed by atoms with Crippen LogP contribution in [0.1, 0.15) is 6.92 Å². The maximum atomic E-state index is 11.1. The highest BCUT2D eigenvalue weighted by atomic mass is 16.4. The van der Waals surface area contributed by atoms with Crippen molar-refractivity contribution in [1.29, 1.82) is 0 Å². The number of carbonyl (C=O) groups is 4. The van der Waals surface area contributed by atoms with E-state index >= 15 is 0 Å². The zero-order valence-corrected chi connectivity index (χ0v) is 10.4. The summed E-state index contributed by atoms with van der Waals surface area (Å²) in [5.74, 6) is -4.08. The molecule has 1 amide bonds. The number of aliphatic carboxylic acids is 3. The molecule has 0 rings (SSSR count). The van der Waals surface area contributed by atoms with E-state index in [0.717, 1.165) is 9.80 Å². The van der Waals surface area contributed by atoms with E-state index in [2.05, 4.69) is 0 Å². The minimum absolute atomic E-state index is 0.0362. The average molecular weight is 276 g/mol. The summed E-state index contributed by atoms with van der Waals surface area (Å²) >= 11 is 0. The predicted octanol–water partition coefficient (Wildman–Crippen LogP) is -1.61. The SMILES string of the molecule is CC(=O)N(CCN(CC(=O)O)CC(=O)O)CC(=O)O. The third-order valence-electron chi connectivity index (χ3n) is 2.18. The lowest BCUT2D eigenvalue weighted by molar-refractivity contribution is -0.145. The Hall–Kier alpha value is -2.16. The van der Waals surface area contributed by atoms with Crippen molar-refractivity contribution in [2.75, 3.05) is 32.7 Å².